The molecule has 4 aliphatic carbocycles. The molecule has 38 heavy (non-hydrogen) atoms. The zero-order valence-electron chi connectivity index (χ0n) is 22.3. The van der Waals surface area contributed by atoms with Gasteiger partial charge in [-0.15, -0.1) is 0 Å². The molecule has 9 heteroatoms. The molecule has 4 aliphatic rings. The van der Waals surface area contributed by atoms with Crippen LogP contribution in [0, 0.1) is 34.9 Å². The predicted molar refractivity (Wildman–Crippen MR) is 138 cm³/mol. The van der Waals surface area contributed by atoms with Crippen molar-refractivity contribution < 1.29 is 33.4 Å². The highest BCUT2D eigenvalue weighted by atomic mass is 19.1. The zero-order valence-corrected chi connectivity index (χ0v) is 22.3. The van der Waals surface area contributed by atoms with Crippen molar-refractivity contribution in [1.29, 1.82) is 0 Å². The molecule has 0 saturated heterocycles. The van der Waals surface area contributed by atoms with E-state index < -0.39 is 23.1 Å². The summed E-state index contributed by atoms with van der Waals surface area (Å²) in [5.41, 5.74) is -0.642. The normalized spacial score (nSPS) is 32.3. The van der Waals surface area contributed by atoms with Gasteiger partial charge < -0.3 is 25.2 Å². The van der Waals surface area contributed by atoms with E-state index in [2.05, 4.69) is 10.6 Å². The summed E-state index contributed by atoms with van der Waals surface area (Å²) in [7, 11) is 1.38. The van der Waals surface area contributed by atoms with E-state index in [-0.39, 0.29) is 52.9 Å². The highest BCUT2D eigenvalue weighted by Gasteiger charge is 2.51. The van der Waals surface area contributed by atoms with Crippen LogP contribution in [-0.4, -0.2) is 48.7 Å². The van der Waals surface area contributed by atoms with Gasteiger partial charge in [-0.25, -0.2) is 4.39 Å². The summed E-state index contributed by atoms with van der Waals surface area (Å²) < 4.78 is 26.2. The second-order valence-electron chi connectivity index (χ2n) is 12.1. The molecule has 0 heterocycles. The number of aliphatic carboxylic acids is 1. The lowest BCUT2D eigenvalue weighted by molar-refractivity contribution is -0.150. The number of fused-ring (bicyclic) bond motifs is 2. The molecule has 1 aromatic carbocycles. The van der Waals surface area contributed by atoms with Crippen LogP contribution in [0.5, 0.6) is 11.5 Å². The maximum Gasteiger partial charge on any atom is 0.309 e. The minimum atomic E-state index is -0.832. The molecule has 4 fully saturated rings. The molecule has 4 unspecified atom stereocenters. The summed E-state index contributed by atoms with van der Waals surface area (Å²) >= 11 is 0. The zero-order chi connectivity index (χ0) is 27.0. The molecule has 0 radical (unpaired) electrons. The lowest BCUT2D eigenvalue weighted by atomic mass is 9.75. The molecule has 4 atom stereocenters. The smallest absolute Gasteiger partial charge is 0.309 e. The van der Waals surface area contributed by atoms with E-state index in [4.69, 9.17) is 9.47 Å². The molecule has 1 aromatic rings. The van der Waals surface area contributed by atoms with Gasteiger partial charge in [0.25, 0.3) is 5.91 Å². The first-order chi connectivity index (χ1) is 18.2. The number of amides is 2. The molecule has 3 N–H and O–H groups in total. The Morgan fingerprint density at radius 2 is 1.76 bits per heavy atom. The first-order valence-corrected chi connectivity index (χ1v) is 14.0. The van der Waals surface area contributed by atoms with Crippen molar-refractivity contribution >= 4 is 17.8 Å². The molecule has 208 valence electrons. The number of rotatable bonds is 9. The van der Waals surface area contributed by atoms with Crippen LogP contribution in [0.15, 0.2) is 12.1 Å². The van der Waals surface area contributed by atoms with Gasteiger partial charge in [0, 0.05) is 18.7 Å². The highest BCUT2D eigenvalue weighted by molar-refractivity contribution is 5.98. The van der Waals surface area contributed by atoms with Gasteiger partial charge in [-0.2, -0.15) is 0 Å². The number of carboxylic acids is 1. The van der Waals surface area contributed by atoms with Crippen LogP contribution >= 0.6 is 0 Å². The number of carbonyl (C=O) groups excluding carboxylic acids is 2. The lowest BCUT2D eigenvalue weighted by Gasteiger charge is -2.34. The van der Waals surface area contributed by atoms with E-state index >= 15 is 0 Å². The summed E-state index contributed by atoms with van der Waals surface area (Å²) in [6.07, 6.45) is 7.95. The molecule has 0 aliphatic heterocycles. The molecule has 5 rings (SSSR count). The third-order valence-corrected chi connectivity index (χ3v) is 9.65. The SMILES string of the molecule is COc1cc(F)c(OC2CCC(C)(C(=O)O)CC2)cc1C(=O)NC1C2CCC(C2)C1C(=O)NCC1CCC1. The van der Waals surface area contributed by atoms with Crippen molar-refractivity contribution in [3.63, 3.8) is 0 Å². The van der Waals surface area contributed by atoms with Gasteiger partial charge in [-0.1, -0.05) is 6.42 Å². The Balaban J connectivity index is 1.28. The summed E-state index contributed by atoms with van der Waals surface area (Å²) in [4.78, 5) is 38.2. The number of carbonyl (C=O) groups is 3. The fraction of sp³-hybridized carbons (Fsp3) is 0.690. The number of hydrogen-bond donors (Lipinski definition) is 3. The maximum atomic E-state index is 14.9. The summed E-state index contributed by atoms with van der Waals surface area (Å²) in [5, 5.41) is 15.7. The van der Waals surface area contributed by atoms with E-state index in [1.807, 2.05) is 0 Å². The minimum absolute atomic E-state index is 0.0233. The van der Waals surface area contributed by atoms with E-state index in [0.29, 0.717) is 38.1 Å². The van der Waals surface area contributed by atoms with Crippen LogP contribution in [0.1, 0.15) is 81.5 Å². The minimum Gasteiger partial charge on any atom is -0.496 e. The second kappa shape index (κ2) is 10.7. The van der Waals surface area contributed by atoms with Gasteiger partial charge in [0.15, 0.2) is 11.6 Å². The number of benzene rings is 1. The van der Waals surface area contributed by atoms with Crippen molar-refractivity contribution in [3.05, 3.63) is 23.5 Å². The number of methoxy groups -OCH3 is 1. The van der Waals surface area contributed by atoms with Crippen LogP contribution in [0.3, 0.4) is 0 Å². The van der Waals surface area contributed by atoms with Gasteiger partial charge in [0.1, 0.15) is 5.75 Å². The van der Waals surface area contributed by atoms with Crippen molar-refractivity contribution in [1.82, 2.24) is 10.6 Å². The summed E-state index contributed by atoms with van der Waals surface area (Å²) in [5.74, 6) is -0.996. The van der Waals surface area contributed by atoms with E-state index in [9.17, 15) is 23.9 Å². The van der Waals surface area contributed by atoms with Gasteiger partial charge >= 0.3 is 5.97 Å². The van der Waals surface area contributed by atoms with Crippen molar-refractivity contribution in [3.8, 4) is 11.5 Å². The first-order valence-electron chi connectivity index (χ1n) is 14.0. The van der Waals surface area contributed by atoms with Crippen molar-refractivity contribution in [2.75, 3.05) is 13.7 Å². The Morgan fingerprint density at radius 3 is 2.39 bits per heavy atom. The Labute approximate surface area is 223 Å². The Bertz CT molecular complexity index is 1080. The average molecular weight is 531 g/mol. The average Bonchev–Trinajstić information content (AvgIpc) is 3.47. The Morgan fingerprint density at radius 1 is 1.05 bits per heavy atom. The van der Waals surface area contributed by atoms with E-state index in [0.717, 1.165) is 38.2 Å². The maximum absolute atomic E-state index is 14.9. The van der Waals surface area contributed by atoms with Gasteiger partial charge in [0.05, 0.1) is 30.1 Å². The van der Waals surface area contributed by atoms with Crippen LogP contribution < -0.4 is 20.1 Å². The molecule has 0 spiro atoms. The topological polar surface area (TPSA) is 114 Å². The molecule has 2 bridgehead atoms. The lowest BCUT2D eigenvalue weighted by Crippen LogP contribution is -2.50. The first kappa shape index (κ1) is 26.8. The molecule has 0 aromatic heterocycles. The molecular weight excluding hydrogens is 491 g/mol. The second-order valence-corrected chi connectivity index (χ2v) is 12.1. The third kappa shape index (κ3) is 5.21. The fourth-order valence-electron chi connectivity index (χ4n) is 6.88. The van der Waals surface area contributed by atoms with Crippen LogP contribution in [0.2, 0.25) is 0 Å². The van der Waals surface area contributed by atoms with Crippen LogP contribution in [0.25, 0.3) is 0 Å². The third-order valence-electron chi connectivity index (χ3n) is 9.65. The number of nitrogens with one attached hydrogen (secondary N) is 2. The quantitative estimate of drug-likeness (QED) is 0.439. The van der Waals surface area contributed by atoms with Crippen molar-refractivity contribution in [2.45, 2.75) is 83.3 Å². The summed E-state index contributed by atoms with van der Waals surface area (Å²) in [6, 6.07) is 2.25. The molecule has 8 nitrogen and oxygen atoms in total. The largest absolute Gasteiger partial charge is 0.496 e. The van der Waals surface area contributed by atoms with Gasteiger partial charge in [0.2, 0.25) is 5.91 Å². The molecule has 4 saturated carbocycles. The number of carboxylic acid groups (broad SMARTS) is 1. The van der Waals surface area contributed by atoms with Gasteiger partial charge in [-0.3, -0.25) is 14.4 Å². The van der Waals surface area contributed by atoms with E-state index in [1.165, 1.54) is 19.6 Å². The van der Waals surface area contributed by atoms with Gasteiger partial charge in [-0.05, 0) is 88.5 Å². The van der Waals surface area contributed by atoms with E-state index in [1.54, 1.807) is 6.92 Å². The number of halogens is 1. The number of ether oxygens (including phenoxy) is 2. The standard InChI is InChI=1S/C29H39FN2O6/c1-29(28(35)36)10-8-19(9-11-29)38-23-13-20(22(37-2)14-21(23)30)26(33)32-25-18-7-6-17(12-18)24(25)27(34)31-15-16-4-3-5-16/h13-14,16-19,24-25H,3-12,15H2,1-2H3,(H,31,34)(H,32,33)(H,35,36). The molecule has 2 amide bonds. The fourth-order valence-corrected chi connectivity index (χ4v) is 6.88. The monoisotopic (exact) mass is 530 g/mol. The van der Waals surface area contributed by atoms with Crippen LogP contribution in [0.4, 0.5) is 4.39 Å². The highest BCUT2D eigenvalue weighted by Crippen LogP contribution is 2.49. The number of hydrogen-bond acceptors (Lipinski definition) is 5. The summed E-state index contributed by atoms with van der Waals surface area (Å²) in [6.45, 7) is 2.42. The van der Waals surface area contributed by atoms with Crippen molar-refractivity contribution in [2.24, 2.45) is 29.1 Å². The Kier molecular flexibility index (Phi) is 7.56. The molecular formula is C29H39FN2O6. The Hall–Kier alpha value is -2.84. The predicted octanol–water partition coefficient (Wildman–Crippen LogP) is 4.31. The van der Waals surface area contributed by atoms with Crippen LogP contribution in [-0.2, 0) is 9.59 Å².